The van der Waals surface area contributed by atoms with E-state index in [1.807, 2.05) is 0 Å². The van der Waals surface area contributed by atoms with Crippen LogP contribution in [-0.4, -0.2) is 45.2 Å². The van der Waals surface area contributed by atoms with Crippen molar-refractivity contribution in [3.63, 3.8) is 0 Å². The number of nitrogens with one attached hydrogen (secondary N) is 1. The lowest BCUT2D eigenvalue weighted by Crippen LogP contribution is -2.64. The summed E-state index contributed by atoms with van der Waals surface area (Å²) in [6.07, 6.45) is 1.13. The second kappa shape index (κ2) is 9.16. The maximum Gasteiger partial charge on any atom is 0.255 e. The van der Waals surface area contributed by atoms with E-state index in [0.717, 1.165) is 18.2 Å². The highest BCUT2D eigenvalue weighted by atomic mass is 35.5. The Balaban J connectivity index is 1.36. The Labute approximate surface area is 216 Å². The monoisotopic (exact) mass is 551 g/mol. The average Bonchev–Trinajstić information content (AvgIpc) is 3.31. The smallest absolute Gasteiger partial charge is 0.255 e. The number of anilines is 1. The van der Waals surface area contributed by atoms with Crippen molar-refractivity contribution in [2.45, 2.75) is 41.1 Å². The number of benzene rings is 2. The van der Waals surface area contributed by atoms with Crippen molar-refractivity contribution in [2.24, 2.45) is 18.9 Å². The average molecular weight is 552 g/mol. The summed E-state index contributed by atoms with van der Waals surface area (Å²) in [5.74, 6) is -3.83. The van der Waals surface area contributed by atoms with Gasteiger partial charge < -0.3 is 15.5 Å². The fourth-order valence-electron chi connectivity index (χ4n) is 5.60. The Kier molecular flexibility index (Phi) is 6.38. The Morgan fingerprint density at radius 2 is 1.84 bits per heavy atom. The fraction of sp³-hybridized carbons (Fsp3) is 0.360. The van der Waals surface area contributed by atoms with Crippen molar-refractivity contribution < 1.29 is 32.2 Å². The minimum Gasteiger partial charge on any atom is -0.386 e. The molecule has 3 unspecified atom stereocenters. The summed E-state index contributed by atoms with van der Waals surface area (Å²) >= 11 is 6.24. The molecular weight excluding hydrogens is 528 g/mol. The number of halogens is 3. The van der Waals surface area contributed by atoms with Gasteiger partial charge >= 0.3 is 0 Å². The largest absolute Gasteiger partial charge is 0.386 e. The summed E-state index contributed by atoms with van der Waals surface area (Å²) in [6, 6.07) is 8.25. The van der Waals surface area contributed by atoms with Crippen LogP contribution < -0.4 is 5.32 Å². The predicted molar refractivity (Wildman–Crippen MR) is 131 cm³/mol. The van der Waals surface area contributed by atoms with Gasteiger partial charge in [0.05, 0.1) is 20.9 Å². The maximum absolute atomic E-state index is 13.6. The van der Waals surface area contributed by atoms with Crippen LogP contribution in [0.15, 0.2) is 53.6 Å². The molecule has 3 saturated carbocycles. The molecule has 2 aromatic carbocycles. The Morgan fingerprint density at radius 1 is 1.14 bits per heavy atom. The number of aryl methyl sites for hydroxylation is 1. The van der Waals surface area contributed by atoms with Crippen LogP contribution in [0.5, 0.6) is 0 Å². The van der Waals surface area contributed by atoms with E-state index in [1.54, 1.807) is 13.1 Å². The molecule has 196 valence electrons. The van der Waals surface area contributed by atoms with Crippen molar-refractivity contribution >= 4 is 33.0 Å². The predicted octanol–water partition coefficient (Wildman–Crippen LogP) is 3.64. The zero-order valence-corrected chi connectivity index (χ0v) is 21.2. The van der Waals surface area contributed by atoms with Gasteiger partial charge in [-0.3, -0.25) is 9.48 Å². The second-order valence-electron chi connectivity index (χ2n) is 9.67. The van der Waals surface area contributed by atoms with Gasteiger partial charge in [0.1, 0.15) is 11.7 Å². The molecule has 0 spiro atoms. The highest BCUT2D eigenvalue weighted by Crippen LogP contribution is 2.60. The van der Waals surface area contributed by atoms with Gasteiger partial charge in [0.2, 0.25) is 0 Å². The molecule has 3 aromatic rings. The number of hydrogen-bond donors (Lipinski definition) is 3. The first-order valence-corrected chi connectivity index (χ1v) is 13.5. The van der Waals surface area contributed by atoms with Crippen molar-refractivity contribution in [3.8, 4) is 0 Å². The molecule has 1 heterocycles. The normalized spacial score (nSPS) is 25.8. The van der Waals surface area contributed by atoms with E-state index >= 15 is 0 Å². The third-order valence-electron chi connectivity index (χ3n) is 7.67. The van der Waals surface area contributed by atoms with Crippen LogP contribution in [0.3, 0.4) is 0 Å². The number of hydrogen-bond acceptors (Lipinski definition) is 6. The SMILES string of the molecule is Cn1nccc1C(O)C1(O)C2CC1CC(S(=O)(=O)c1cc(C(=O)Nc3ccc(F)c(F)c3)ccc1Cl)C2. The van der Waals surface area contributed by atoms with Crippen LogP contribution in [-0.2, 0) is 16.9 Å². The van der Waals surface area contributed by atoms with E-state index < -0.39 is 56.2 Å². The molecule has 0 saturated heterocycles. The van der Waals surface area contributed by atoms with Gasteiger partial charge in [0.25, 0.3) is 5.91 Å². The summed E-state index contributed by atoms with van der Waals surface area (Å²) in [5, 5.41) is 27.8. The van der Waals surface area contributed by atoms with E-state index in [4.69, 9.17) is 11.6 Å². The Bertz CT molecular complexity index is 1480. The summed E-state index contributed by atoms with van der Waals surface area (Å²) in [7, 11) is -2.35. The molecule has 3 N–H and O–H groups in total. The summed E-state index contributed by atoms with van der Waals surface area (Å²) in [4.78, 5) is 12.5. The number of aromatic nitrogens is 2. The number of nitrogens with zero attached hydrogens (tertiary/aromatic N) is 2. The molecular formula is C25H24ClF2N3O5S. The van der Waals surface area contributed by atoms with Gasteiger partial charge in [-0.05, 0) is 67.5 Å². The number of fused-ring (bicyclic) bond motifs is 2. The number of amides is 1. The van der Waals surface area contributed by atoms with Crippen molar-refractivity contribution in [2.75, 3.05) is 5.32 Å². The van der Waals surface area contributed by atoms with Crippen LogP contribution in [0.4, 0.5) is 14.5 Å². The molecule has 3 aliphatic carbocycles. The van der Waals surface area contributed by atoms with Gasteiger partial charge in [-0.25, -0.2) is 17.2 Å². The molecule has 12 heteroatoms. The number of carbonyl (C=O) groups excluding carboxylic acids is 1. The molecule has 8 nitrogen and oxygen atoms in total. The van der Waals surface area contributed by atoms with E-state index in [9.17, 15) is 32.2 Å². The van der Waals surface area contributed by atoms with Crippen molar-refractivity contribution in [1.82, 2.24) is 9.78 Å². The Morgan fingerprint density at radius 3 is 2.46 bits per heavy atom. The van der Waals surface area contributed by atoms with Gasteiger partial charge in [0.15, 0.2) is 21.5 Å². The van der Waals surface area contributed by atoms with Gasteiger partial charge in [-0.1, -0.05) is 11.6 Å². The van der Waals surface area contributed by atoms with Crippen molar-refractivity contribution in [3.05, 3.63) is 76.6 Å². The molecule has 2 bridgehead atoms. The third-order valence-corrected chi connectivity index (χ3v) is 10.3. The first kappa shape index (κ1) is 25.8. The molecule has 37 heavy (non-hydrogen) atoms. The number of carbonyl (C=O) groups is 1. The number of aliphatic hydroxyl groups excluding tert-OH is 1. The molecule has 3 atom stereocenters. The molecule has 3 fully saturated rings. The van der Waals surface area contributed by atoms with E-state index in [2.05, 4.69) is 10.4 Å². The van der Waals surface area contributed by atoms with Gasteiger partial charge in [-0.2, -0.15) is 5.10 Å². The summed E-state index contributed by atoms with van der Waals surface area (Å²) < 4.78 is 55.3. The van der Waals surface area contributed by atoms with Crippen LogP contribution >= 0.6 is 11.6 Å². The maximum atomic E-state index is 13.6. The number of sulfone groups is 1. The molecule has 3 aliphatic rings. The van der Waals surface area contributed by atoms with Crippen LogP contribution in [0.1, 0.15) is 41.4 Å². The van der Waals surface area contributed by atoms with Crippen LogP contribution in [0.2, 0.25) is 5.02 Å². The van der Waals surface area contributed by atoms with Crippen molar-refractivity contribution in [1.29, 1.82) is 0 Å². The minimum absolute atomic E-state index is 0.00175. The quantitative estimate of drug-likeness (QED) is 0.430. The molecule has 1 aromatic heterocycles. The molecule has 0 radical (unpaired) electrons. The fourth-order valence-corrected chi connectivity index (χ4v) is 8.00. The topological polar surface area (TPSA) is 122 Å². The minimum atomic E-state index is -4.01. The van der Waals surface area contributed by atoms with Crippen LogP contribution in [0, 0.1) is 23.5 Å². The Hall–Kier alpha value is -2.86. The summed E-state index contributed by atoms with van der Waals surface area (Å²) in [6.45, 7) is 0. The summed E-state index contributed by atoms with van der Waals surface area (Å²) in [5.41, 5.74) is -1.05. The molecule has 1 amide bonds. The van der Waals surface area contributed by atoms with Crippen LogP contribution in [0.25, 0.3) is 0 Å². The van der Waals surface area contributed by atoms with E-state index in [-0.39, 0.29) is 34.0 Å². The lowest BCUT2D eigenvalue weighted by molar-refractivity contribution is -0.235. The standard InChI is InChI=1S/C25H24ClF2N3O5S/c1-31-21(6-7-29-31)23(32)25(34)14-9-15(25)11-17(10-14)37(35,36)22-8-13(2-4-18(22)26)24(33)30-16-3-5-19(27)20(28)12-16/h2-8,12,14-15,17,23,32,34H,9-11H2,1H3,(H,30,33). The number of aliphatic hydroxyl groups is 2. The highest BCUT2D eigenvalue weighted by Gasteiger charge is 2.63. The lowest BCUT2D eigenvalue weighted by atomic mass is 9.51. The zero-order valence-electron chi connectivity index (χ0n) is 19.6. The molecule has 6 rings (SSSR count). The lowest BCUT2D eigenvalue weighted by Gasteiger charge is -2.59. The van der Waals surface area contributed by atoms with Gasteiger partial charge in [0, 0.05) is 30.6 Å². The first-order valence-electron chi connectivity index (χ1n) is 11.6. The first-order chi connectivity index (χ1) is 17.4. The number of rotatable bonds is 6. The third kappa shape index (κ3) is 4.23. The highest BCUT2D eigenvalue weighted by molar-refractivity contribution is 7.92. The zero-order chi connectivity index (χ0) is 26.7. The van der Waals surface area contributed by atoms with Gasteiger partial charge in [-0.15, -0.1) is 0 Å². The van der Waals surface area contributed by atoms with E-state index in [1.165, 1.54) is 29.1 Å². The second-order valence-corrected chi connectivity index (χ2v) is 12.3. The molecule has 0 aliphatic heterocycles. The van der Waals surface area contributed by atoms with E-state index in [0.29, 0.717) is 12.1 Å².